The lowest BCUT2D eigenvalue weighted by atomic mass is 10.0. The second-order valence-electron chi connectivity index (χ2n) is 8.05. The van der Waals surface area contributed by atoms with Gasteiger partial charge in [-0.05, 0) is 37.1 Å². The van der Waals surface area contributed by atoms with Gasteiger partial charge in [-0.1, -0.05) is 48.5 Å². The maximum Gasteiger partial charge on any atom is 0.262 e. The molecule has 3 aromatic heterocycles. The molecule has 0 radical (unpaired) electrons. The molecule has 1 amide bonds. The Hall–Kier alpha value is -3.71. The molecule has 0 bridgehead atoms. The molecular formula is C26H23N3O3S. The largest absolute Gasteiger partial charge is 0.459 e. The van der Waals surface area contributed by atoms with Crippen molar-refractivity contribution in [2.75, 3.05) is 0 Å². The van der Waals surface area contributed by atoms with Gasteiger partial charge in [-0.3, -0.25) is 14.2 Å². The van der Waals surface area contributed by atoms with Crippen molar-refractivity contribution in [3.05, 3.63) is 99.1 Å². The van der Waals surface area contributed by atoms with Crippen LogP contribution in [0.3, 0.4) is 0 Å². The molecule has 0 saturated heterocycles. The van der Waals surface area contributed by atoms with Crippen LogP contribution in [0.5, 0.6) is 0 Å². The van der Waals surface area contributed by atoms with Crippen molar-refractivity contribution in [3.63, 3.8) is 0 Å². The van der Waals surface area contributed by atoms with Crippen LogP contribution >= 0.6 is 11.3 Å². The minimum absolute atomic E-state index is 0.105. The van der Waals surface area contributed by atoms with E-state index >= 15 is 0 Å². The van der Waals surface area contributed by atoms with Crippen LogP contribution in [-0.2, 0) is 11.3 Å². The van der Waals surface area contributed by atoms with Crippen LogP contribution in [0, 0.1) is 13.8 Å². The molecule has 2 aromatic carbocycles. The Morgan fingerprint density at radius 1 is 1.12 bits per heavy atom. The van der Waals surface area contributed by atoms with Gasteiger partial charge in [-0.15, -0.1) is 11.3 Å². The van der Waals surface area contributed by atoms with Gasteiger partial charge in [0.15, 0.2) is 0 Å². The smallest absolute Gasteiger partial charge is 0.262 e. The molecular weight excluding hydrogens is 434 g/mol. The van der Waals surface area contributed by atoms with E-state index in [4.69, 9.17) is 4.42 Å². The number of hydrogen-bond acceptors (Lipinski definition) is 5. The Morgan fingerprint density at radius 3 is 2.67 bits per heavy atom. The molecule has 0 spiro atoms. The number of aryl methyl sites for hydroxylation is 3. The number of para-hydroxylation sites is 1. The van der Waals surface area contributed by atoms with E-state index in [1.165, 1.54) is 22.2 Å². The molecule has 5 aromatic rings. The summed E-state index contributed by atoms with van der Waals surface area (Å²) in [5.74, 6) is 0.495. The fourth-order valence-electron chi connectivity index (χ4n) is 3.99. The number of carbonyl (C=O) groups excluding carboxylic acids is 1. The third-order valence-corrected chi connectivity index (χ3v) is 7.02. The number of rotatable bonds is 6. The first kappa shape index (κ1) is 21.2. The summed E-state index contributed by atoms with van der Waals surface area (Å²) < 4.78 is 7.57. The molecule has 0 fully saturated rings. The predicted molar refractivity (Wildman–Crippen MR) is 131 cm³/mol. The van der Waals surface area contributed by atoms with E-state index in [0.717, 1.165) is 31.8 Å². The van der Waals surface area contributed by atoms with Crippen molar-refractivity contribution in [2.45, 2.75) is 32.9 Å². The Balaban J connectivity index is 1.38. The Morgan fingerprint density at radius 2 is 1.88 bits per heavy atom. The zero-order valence-corrected chi connectivity index (χ0v) is 19.2. The lowest BCUT2D eigenvalue weighted by Gasteiger charge is -2.17. The molecule has 166 valence electrons. The van der Waals surface area contributed by atoms with Crippen LogP contribution in [0.4, 0.5) is 0 Å². The van der Waals surface area contributed by atoms with Gasteiger partial charge >= 0.3 is 0 Å². The number of fused-ring (bicyclic) bond motifs is 2. The van der Waals surface area contributed by atoms with Crippen LogP contribution in [0.25, 0.3) is 21.2 Å². The van der Waals surface area contributed by atoms with Gasteiger partial charge in [0.25, 0.3) is 5.56 Å². The van der Waals surface area contributed by atoms with Gasteiger partial charge in [0.2, 0.25) is 5.91 Å². The summed E-state index contributed by atoms with van der Waals surface area (Å²) in [6, 6.07) is 19.0. The van der Waals surface area contributed by atoms with E-state index in [0.29, 0.717) is 11.1 Å². The summed E-state index contributed by atoms with van der Waals surface area (Å²) in [5.41, 5.74) is 2.55. The van der Waals surface area contributed by atoms with Crippen molar-refractivity contribution in [1.29, 1.82) is 0 Å². The summed E-state index contributed by atoms with van der Waals surface area (Å²) in [6.45, 7) is 4.18. The Kier molecular flexibility index (Phi) is 5.56. The normalized spacial score (nSPS) is 12.3. The molecule has 1 atom stereocenters. The van der Waals surface area contributed by atoms with Crippen LogP contribution < -0.4 is 10.9 Å². The molecule has 5 rings (SSSR count). The molecule has 0 saturated carbocycles. The standard InChI is InChI=1S/C26H23N3O3S/c1-16-17(2)33-25-23(16)26(31)29(15-27-25)13-12-22(30)28-24(18-8-4-3-5-9-18)21-14-19-10-6-7-11-20(19)32-21/h3-11,14-15,24H,12-13H2,1-2H3,(H,28,30). The average molecular weight is 458 g/mol. The number of furan rings is 1. The number of hydrogen-bond donors (Lipinski definition) is 1. The third-order valence-electron chi connectivity index (χ3n) is 5.90. The maximum atomic E-state index is 12.9. The van der Waals surface area contributed by atoms with Crippen molar-refractivity contribution in [1.82, 2.24) is 14.9 Å². The van der Waals surface area contributed by atoms with Crippen LogP contribution in [-0.4, -0.2) is 15.5 Å². The molecule has 0 aliphatic heterocycles. The van der Waals surface area contributed by atoms with Crippen molar-refractivity contribution < 1.29 is 9.21 Å². The fraction of sp³-hybridized carbons (Fsp3) is 0.192. The first-order chi connectivity index (χ1) is 16.0. The van der Waals surface area contributed by atoms with Gasteiger partial charge in [0, 0.05) is 23.2 Å². The predicted octanol–water partition coefficient (Wildman–Crippen LogP) is 5.12. The molecule has 1 N–H and O–H groups in total. The second kappa shape index (κ2) is 8.67. The van der Waals surface area contributed by atoms with E-state index in [2.05, 4.69) is 10.3 Å². The highest BCUT2D eigenvalue weighted by molar-refractivity contribution is 7.18. The van der Waals surface area contributed by atoms with Crippen LogP contribution in [0.15, 0.2) is 76.2 Å². The SMILES string of the molecule is Cc1sc2ncn(CCC(=O)NC(c3ccccc3)c3cc4ccccc4o3)c(=O)c2c1C. The minimum atomic E-state index is -0.426. The highest BCUT2D eigenvalue weighted by atomic mass is 32.1. The van der Waals surface area contributed by atoms with Gasteiger partial charge in [-0.2, -0.15) is 0 Å². The molecule has 0 aliphatic rings. The number of nitrogens with zero attached hydrogens (tertiary/aromatic N) is 2. The van der Waals surface area contributed by atoms with E-state index < -0.39 is 6.04 Å². The molecule has 0 aliphatic carbocycles. The summed E-state index contributed by atoms with van der Waals surface area (Å²) >= 11 is 1.52. The first-order valence-electron chi connectivity index (χ1n) is 10.8. The average Bonchev–Trinajstić information content (AvgIpc) is 3.38. The number of nitrogens with one attached hydrogen (secondary N) is 1. The van der Waals surface area contributed by atoms with Gasteiger partial charge in [-0.25, -0.2) is 4.98 Å². The van der Waals surface area contributed by atoms with Crippen LogP contribution in [0.2, 0.25) is 0 Å². The highest BCUT2D eigenvalue weighted by Gasteiger charge is 2.21. The lowest BCUT2D eigenvalue weighted by molar-refractivity contribution is -0.121. The third kappa shape index (κ3) is 4.07. The summed E-state index contributed by atoms with van der Waals surface area (Å²) in [7, 11) is 0. The van der Waals surface area contributed by atoms with Gasteiger partial charge in [0.05, 0.1) is 11.7 Å². The quantitative estimate of drug-likeness (QED) is 0.384. The molecule has 1 unspecified atom stereocenters. The van der Waals surface area contributed by atoms with Crippen LogP contribution in [0.1, 0.15) is 34.2 Å². The summed E-state index contributed by atoms with van der Waals surface area (Å²) in [6.07, 6.45) is 1.68. The minimum Gasteiger partial charge on any atom is -0.459 e. The van der Waals surface area contributed by atoms with E-state index in [9.17, 15) is 9.59 Å². The van der Waals surface area contributed by atoms with E-state index in [1.807, 2.05) is 74.5 Å². The number of carbonyl (C=O) groups is 1. The zero-order chi connectivity index (χ0) is 22.9. The fourth-order valence-corrected chi connectivity index (χ4v) is 4.98. The van der Waals surface area contributed by atoms with Crippen molar-refractivity contribution >= 4 is 38.4 Å². The topological polar surface area (TPSA) is 77.1 Å². The van der Waals surface area contributed by atoms with E-state index in [-0.39, 0.29) is 24.4 Å². The summed E-state index contributed by atoms with van der Waals surface area (Å²) in [5, 5.41) is 4.71. The maximum absolute atomic E-state index is 12.9. The lowest BCUT2D eigenvalue weighted by Crippen LogP contribution is -2.31. The van der Waals surface area contributed by atoms with Gasteiger partial charge < -0.3 is 9.73 Å². The number of benzene rings is 2. The van der Waals surface area contributed by atoms with Crippen molar-refractivity contribution in [2.24, 2.45) is 0 Å². The molecule has 7 heteroatoms. The molecule has 6 nitrogen and oxygen atoms in total. The highest BCUT2D eigenvalue weighted by Crippen LogP contribution is 2.28. The van der Waals surface area contributed by atoms with Gasteiger partial charge in [0.1, 0.15) is 22.2 Å². The number of amides is 1. The Bertz CT molecular complexity index is 1480. The number of aromatic nitrogens is 2. The zero-order valence-electron chi connectivity index (χ0n) is 18.4. The molecule has 33 heavy (non-hydrogen) atoms. The summed E-state index contributed by atoms with van der Waals surface area (Å²) in [4.78, 5) is 32.1. The number of thiophene rings is 1. The second-order valence-corrected chi connectivity index (χ2v) is 9.26. The first-order valence-corrected chi connectivity index (χ1v) is 11.6. The van der Waals surface area contributed by atoms with E-state index in [1.54, 1.807) is 0 Å². The van der Waals surface area contributed by atoms with Crippen molar-refractivity contribution in [3.8, 4) is 0 Å². The monoisotopic (exact) mass is 457 g/mol. The molecule has 3 heterocycles. The Labute approximate surface area is 194 Å².